The molecule has 1 aliphatic heterocycles. The lowest BCUT2D eigenvalue weighted by molar-refractivity contribution is -0.121. The van der Waals surface area contributed by atoms with Crippen LogP contribution < -0.4 is 15.0 Å². The van der Waals surface area contributed by atoms with Crippen molar-refractivity contribution >= 4 is 23.5 Å². The summed E-state index contributed by atoms with van der Waals surface area (Å²) in [6.45, 7) is 1.99. The fourth-order valence-electron chi connectivity index (χ4n) is 3.80. The number of nitrogens with zero attached hydrogens (tertiary/aromatic N) is 1. The molecule has 1 heterocycles. The molecule has 0 aromatic heterocycles. The van der Waals surface area contributed by atoms with Crippen molar-refractivity contribution in [2.75, 3.05) is 25.7 Å². The molecule has 158 valence electrons. The van der Waals surface area contributed by atoms with E-state index in [9.17, 15) is 14.4 Å². The molecule has 2 aromatic carbocycles. The van der Waals surface area contributed by atoms with E-state index in [4.69, 9.17) is 9.47 Å². The molecule has 1 N–H and O–H groups in total. The Morgan fingerprint density at radius 3 is 2.47 bits per heavy atom. The molecule has 2 aromatic rings. The minimum Gasteiger partial charge on any atom is -0.497 e. The van der Waals surface area contributed by atoms with Gasteiger partial charge in [0, 0.05) is 19.2 Å². The number of hydrogen-bond donors (Lipinski definition) is 1. The summed E-state index contributed by atoms with van der Waals surface area (Å²) in [7, 11) is 2.93. The summed E-state index contributed by atoms with van der Waals surface area (Å²) in [4.78, 5) is 38.8. The van der Waals surface area contributed by atoms with Crippen LogP contribution in [0.5, 0.6) is 5.75 Å². The van der Waals surface area contributed by atoms with Crippen molar-refractivity contribution in [3.8, 4) is 5.75 Å². The summed E-state index contributed by atoms with van der Waals surface area (Å²) in [5, 5.41) is 2.86. The highest BCUT2D eigenvalue weighted by atomic mass is 16.5. The van der Waals surface area contributed by atoms with Crippen LogP contribution in [-0.4, -0.2) is 38.5 Å². The summed E-state index contributed by atoms with van der Waals surface area (Å²) in [5.41, 5.74) is 2.86. The lowest BCUT2D eigenvalue weighted by Crippen LogP contribution is -2.39. The molecule has 0 bridgehead atoms. The zero-order valence-corrected chi connectivity index (χ0v) is 17.4. The minimum absolute atomic E-state index is 0.105. The smallest absolute Gasteiger partial charge is 0.338 e. The molecule has 0 saturated carbocycles. The average Bonchev–Trinajstić information content (AvgIpc) is 2.77. The number of amides is 2. The Morgan fingerprint density at radius 2 is 1.83 bits per heavy atom. The fraction of sp³-hybridized carbons (Fsp3) is 0.348. The Hall–Kier alpha value is -3.35. The van der Waals surface area contributed by atoms with E-state index in [-0.39, 0.29) is 18.2 Å². The number of benzene rings is 2. The predicted octanol–water partition coefficient (Wildman–Crippen LogP) is 3.03. The predicted molar refractivity (Wildman–Crippen MR) is 113 cm³/mol. The van der Waals surface area contributed by atoms with Crippen LogP contribution in [0.15, 0.2) is 42.5 Å². The Kier molecular flexibility index (Phi) is 6.72. The number of nitrogens with one attached hydrogen (secondary N) is 1. The van der Waals surface area contributed by atoms with Crippen LogP contribution in [0, 0.1) is 0 Å². The molecule has 2 amide bonds. The Bertz CT molecular complexity index is 939. The number of esters is 1. The van der Waals surface area contributed by atoms with Crippen molar-refractivity contribution in [3.63, 3.8) is 0 Å². The third kappa shape index (κ3) is 4.62. The number of rotatable bonds is 6. The SMILES string of the molecule is COC(=O)c1cccc2c1CCCN2C(=O)C[C@H](NC(C)=O)c1ccc(OC)cc1. The molecule has 30 heavy (non-hydrogen) atoms. The van der Waals surface area contributed by atoms with Crippen molar-refractivity contribution in [2.45, 2.75) is 32.2 Å². The van der Waals surface area contributed by atoms with Crippen LogP contribution in [0.1, 0.15) is 47.3 Å². The molecule has 0 aliphatic carbocycles. The van der Waals surface area contributed by atoms with E-state index in [2.05, 4.69) is 5.32 Å². The van der Waals surface area contributed by atoms with Crippen LogP contribution in [0.3, 0.4) is 0 Å². The summed E-state index contributed by atoms with van der Waals surface area (Å²) in [6.07, 6.45) is 1.56. The van der Waals surface area contributed by atoms with Crippen LogP contribution in [-0.2, 0) is 20.7 Å². The molecule has 0 unspecified atom stereocenters. The van der Waals surface area contributed by atoms with Crippen LogP contribution in [0.2, 0.25) is 0 Å². The maximum Gasteiger partial charge on any atom is 0.338 e. The van der Waals surface area contributed by atoms with E-state index in [0.29, 0.717) is 24.3 Å². The lowest BCUT2D eigenvalue weighted by atomic mass is 9.95. The maximum absolute atomic E-state index is 13.2. The van der Waals surface area contributed by atoms with Gasteiger partial charge in [-0.25, -0.2) is 4.79 Å². The first-order chi connectivity index (χ1) is 14.4. The van der Waals surface area contributed by atoms with E-state index < -0.39 is 12.0 Å². The van der Waals surface area contributed by atoms with Gasteiger partial charge in [-0.3, -0.25) is 9.59 Å². The second kappa shape index (κ2) is 9.43. The highest BCUT2D eigenvalue weighted by Gasteiger charge is 2.28. The highest BCUT2D eigenvalue weighted by molar-refractivity contribution is 5.99. The first kappa shape index (κ1) is 21.4. The van der Waals surface area contributed by atoms with Gasteiger partial charge in [-0.05, 0) is 48.2 Å². The van der Waals surface area contributed by atoms with Gasteiger partial charge in [-0.1, -0.05) is 18.2 Å². The topological polar surface area (TPSA) is 84.9 Å². The number of ether oxygens (including phenoxy) is 2. The molecular formula is C23H26N2O5. The van der Waals surface area contributed by atoms with Gasteiger partial charge in [-0.2, -0.15) is 0 Å². The number of hydrogen-bond acceptors (Lipinski definition) is 5. The number of fused-ring (bicyclic) bond motifs is 1. The Morgan fingerprint density at radius 1 is 1.10 bits per heavy atom. The van der Waals surface area contributed by atoms with Crippen molar-refractivity contribution in [3.05, 3.63) is 59.2 Å². The Balaban J connectivity index is 1.86. The third-order valence-electron chi connectivity index (χ3n) is 5.23. The summed E-state index contributed by atoms with van der Waals surface area (Å²) >= 11 is 0. The number of anilines is 1. The molecule has 0 spiro atoms. The maximum atomic E-state index is 13.2. The van der Waals surface area contributed by atoms with Gasteiger partial charge in [0.25, 0.3) is 0 Å². The molecule has 3 rings (SSSR count). The van der Waals surface area contributed by atoms with E-state index in [0.717, 1.165) is 23.2 Å². The third-order valence-corrected chi connectivity index (χ3v) is 5.23. The van der Waals surface area contributed by atoms with Crippen molar-refractivity contribution in [2.24, 2.45) is 0 Å². The zero-order chi connectivity index (χ0) is 21.7. The Labute approximate surface area is 176 Å². The second-order valence-electron chi connectivity index (χ2n) is 7.17. The van der Waals surface area contributed by atoms with Crippen LogP contribution >= 0.6 is 0 Å². The van der Waals surface area contributed by atoms with Gasteiger partial charge in [0.2, 0.25) is 11.8 Å². The minimum atomic E-state index is -0.463. The summed E-state index contributed by atoms with van der Waals surface area (Å²) in [6, 6.07) is 12.1. The summed E-state index contributed by atoms with van der Waals surface area (Å²) in [5.74, 6) is -0.0365. The molecule has 0 radical (unpaired) electrons. The van der Waals surface area contributed by atoms with Gasteiger partial charge in [0.1, 0.15) is 5.75 Å². The van der Waals surface area contributed by atoms with Crippen molar-refractivity contribution in [1.29, 1.82) is 0 Å². The van der Waals surface area contributed by atoms with E-state index >= 15 is 0 Å². The van der Waals surface area contributed by atoms with Gasteiger partial charge in [-0.15, -0.1) is 0 Å². The van der Waals surface area contributed by atoms with Crippen molar-refractivity contribution in [1.82, 2.24) is 5.32 Å². The number of carbonyl (C=O) groups is 3. The monoisotopic (exact) mass is 410 g/mol. The van der Waals surface area contributed by atoms with E-state index in [1.807, 2.05) is 18.2 Å². The van der Waals surface area contributed by atoms with Gasteiger partial charge < -0.3 is 19.7 Å². The first-order valence-corrected chi connectivity index (χ1v) is 9.86. The highest BCUT2D eigenvalue weighted by Crippen LogP contribution is 2.32. The first-order valence-electron chi connectivity index (χ1n) is 9.86. The summed E-state index contributed by atoms with van der Waals surface area (Å²) < 4.78 is 10.1. The largest absolute Gasteiger partial charge is 0.497 e. The number of carbonyl (C=O) groups excluding carboxylic acids is 3. The molecule has 0 saturated heterocycles. The van der Waals surface area contributed by atoms with Gasteiger partial charge in [0.05, 0.1) is 32.2 Å². The zero-order valence-electron chi connectivity index (χ0n) is 17.4. The van der Waals surface area contributed by atoms with Crippen LogP contribution in [0.25, 0.3) is 0 Å². The fourth-order valence-corrected chi connectivity index (χ4v) is 3.80. The molecule has 1 atom stereocenters. The number of methoxy groups -OCH3 is 2. The molecule has 1 aliphatic rings. The average molecular weight is 410 g/mol. The lowest BCUT2D eigenvalue weighted by Gasteiger charge is -2.32. The van der Waals surface area contributed by atoms with E-state index in [1.54, 1.807) is 36.3 Å². The van der Waals surface area contributed by atoms with Crippen LogP contribution in [0.4, 0.5) is 5.69 Å². The molecule has 7 nitrogen and oxygen atoms in total. The molecular weight excluding hydrogens is 384 g/mol. The molecule has 0 fully saturated rings. The normalized spacial score (nSPS) is 13.8. The van der Waals surface area contributed by atoms with Gasteiger partial charge in [0.15, 0.2) is 0 Å². The second-order valence-corrected chi connectivity index (χ2v) is 7.17. The van der Waals surface area contributed by atoms with Gasteiger partial charge >= 0.3 is 5.97 Å². The standard InChI is InChI=1S/C23H26N2O5/c1-15(26)24-20(16-9-11-17(29-2)12-10-16)14-22(27)25-13-5-7-18-19(23(28)30-3)6-4-8-21(18)25/h4,6,8-12,20H,5,7,13-14H2,1-3H3,(H,24,26)/t20-/m0/s1. The molecule has 7 heteroatoms. The van der Waals surface area contributed by atoms with Crippen molar-refractivity contribution < 1.29 is 23.9 Å². The van der Waals surface area contributed by atoms with E-state index in [1.165, 1.54) is 14.0 Å². The quantitative estimate of drug-likeness (QED) is 0.740.